The largest absolute Gasteiger partial charge is 0.314 e. The van der Waals surface area contributed by atoms with Gasteiger partial charge >= 0.3 is 0 Å². The van der Waals surface area contributed by atoms with E-state index >= 15 is 0 Å². The number of benzene rings is 1. The number of hydrogen-bond acceptors (Lipinski definition) is 2. The highest BCUT2D eigenvalue weighted by Gasteiger charge is 2.37. The van der Waals surface area contributed by atoms with Gasteiger partial charge in [0.25, 0.3) is 0 Å². The molecule has 1 N–H and O–H groups in total. The molecule has 1 atom stereocenters. The number of nitrogens with zero attached hydrogens (tertiary/aromatic N) is 1. The van der Waals surface area contributed by atoms with Gasteiger partial charge in [-0.3, -0.25) is 4.90 Å². The van der Waals surface area contributed by atoms with Crippen molar-refractivity contribution in [2.45, 2.75) is 31.7 Å². The molecule has 2 aliphatic rings. The minimum Gasteiger partial charge on any atom is -0.314 e. The minimum absolute atomic E-state index is 0. The third kappa shape index (κ3) is 4.15. The predicted molar refractivity (Wildman–Crippen MR) is 89.9 cm³/mol. The summed E-state index contributed by atoms with van der Waals surface area (Å²) in [4.78, 5) is 1.97. The second-order valence-electron chi connectivity index (χ2n) is 6.16. The van der Waals surface area contributed by atoms with E-state index in [-0.39, 0.29) is 36.8 Å². The summed E-state index contributed by atoms with van der Waals surface area (Å²) in [5.74, 6) is -5.06. The molecule has 8 heteroatoms. The van der Waals surface area contributed by atoms with Crippen molar-refractivity contribution >= 4 is 24.8 Å². The Kier molecular flexibility index (Phi) is 8.26. The highest BCUT2D eigenvalue weighted by molar-refractivity contribution is 5.85. The normalized spacial score (nSPS) is 20.3. The van der Waals surface area contributed by atoms with Crippen LogP contribution in [0.2, 0.25) is 0 Å². The van der Waals surface area contributed by atoms with Gasteiger partial charge in [0.1, 0.15) is 0 Å². The summed E-state index contributed by atoms with van der Waals surface area (Å²) in [5.41, 5.74) is -0.425. The third-order valence-electron chi connectivity index (χ3n) is 4.83. The molecule has 2 fully saturated rings. The Balaban J connectivity index is 0.00000144. The molecule has 1 heterocycles. The Morgan fingerprint density at radius 2 is 1.42 bits per heavy atom. The lowest BCUT2D eigenvalue weighted by molar-refractivity contribution is 0.117. The fourth-order valence-corrected chi connectivity index (χ4v) is 3.80. The first-order valence-electron chi connectivity index (χ1n) is 7.87. The van der Waals surface area contributed by atoms with E-state index < -0.39 is 34.9 Å². The van der Waals surface area contributed by atoms with Crippen LogP contribution < -0.4 is 5.32 Å². The molecular formula is C16H22Cl2F4N2. The van der Waals surface area contributed by atoms with Crippen LogP contribution in [0.4, 0.5) is 17.6 Å². The van der Waals surface area contributed by atoms with E-state index in [0.717, 1.165) is 25.7 Å². The second kappa shape index (κ2) is 9.22. The smallest absolute Gasteiger partial charge is 0.166 e. The average Bonchev–Trinajstić information content (AvgIpc) is 3.04. The first-order valence-corrected chi connectivity index (χ1v) is 7.87. The van der Waals surface area contributed by atoms with Gasteiger partial charge in [-0.05, 0) is 18.8 Å². The second-order valence-corrected chi connectivity index (χ2v) is 6.16. The molecule has 1 aromatic rings. The fourth-order valence-electron chi connectivity index (χ4n) is 3.80. The summed E-state index contributed by atoms with van der Waals surface area (Å²) >= 11 is 0. The highest BCUT2D eigenvalue weighted by Crippen LogP contribution is 2.42. The van der Waals surface area contributed by atoms with Crippen LogP contribution in [-0.2, 0) is 0 Å². The van der Waals surface area contributed by atoms with Crippen molar-refractivity contribution in [1.29, 1.82) is 0 Å². The molecule has 1 saturated carbocycles. The van der Waals surface area contributed by atoms with Crippen LogP contribution in [0.5, 0.6) is 0 Å². The van der Waals surface area contributed by atoms with Crippen molar-refractivity contribution in [3.8, 4) is 0 Å². The zero-order valence-electron chi connectivity index (χ0n) is 13.2. The van der Waals surface area contributed by atoms with E-state index in [4.69, 9.17) is 0 Å². The van der Waals surface area contributed by atoms with E-state index in [1.807, 2.05) is 4.90 Å². The fraction of sp³-hybridized carbons (Fsp3) is 0.625. The predicted octanol–water partition coefficient (Wildman–Crippen LogP) is 4.22. The van der Waals surface area contributed by atoms with E-state index in [1.54, 1.807) is 0 Å². The summed E-state index contributed by atoms with van der Waals surface area (Å²) in [7, 11) is 0. The van der Waals surface area contributed by atoms with Gasteiger partial charge in [-0.2, -0.15) is 0 Å². The number of halogens is 6. The highest BCUT2D eigenvalue weighted by atomic mass is 35.5. The van der Waals surface area contributed by atoms with Crippen molar-refractivity contribution in [1.82, 2.24) is 10.2 Å². The Hall–Kier alpha value is -0.560. The van der Waals surface area contributed by atoms with Gasteiger partial charge in [-0.15, -0.1) is 24.8 Å². The molecule has 0 aromatic heterocycles. The van der Waals surface area contributed by atoms with Crippen LogP contribution in [0.25, 0.3) is 0 Å². The minimum atomic E-state index is -1.31. The lowest BCUT2D eigenvalue weighted by Gasteiger charge is -2.38. The van der Waals surface area contributed by atoms with Gasteiger partial charge in [0.2, 0.25) is 0 Å². The van der Waals surface area contributed by atoms with E-state index in [1.165, 1.54) is 0 Å². The van der Waals surface area contributed by atoms with Crippen LogP contribution in [0.15, 0.2) is 6.07 Å². The quantitative estimate of drug-likeness (QED) is 0.615. The molecule has 1 aliphatic carbocycles. The molecule has 0 spiro atoms. The Morgan fingerprint density at radius 3 is 1.92 bits per heavy atom. The Bertz CT molecular complexity index is 521. The van der Waals surface area contributed by atoms with E-state index in [9.17, 15) is 17.6 Å². The number of nitrogens with one attached hydrogen (secondary N) is 1. The summed E-state index contributed by atoms with van der Waals surface area (Å²) in [6, 6.07) is -0.299. The summed E-state index contributed by atoms with van der Waals surface area (Å²) in [6.07, 6.45) is 3.67. The first kappa shape index (κ1) is 21.5. The molecule has 1 aromatic carbocycles. The topological polar surface area (TPSA) is 15.3 Å². The maximum atomic E-state index is 14.3. The van der Waals surface area contributed by atoms with Crippen LogP contribution >= 0.6 is 24.8 Å². The molecule has 0 bridgehead atoms. The maximum absolute atomic E-state index is 14.3. The average molecular weight is 389 g/mol. The molecule has 2 nitrogen and oxygen atoms in total. The van der Waals surface area contributed by atoms with Crippen molar-refractivity contribution in [3.63, 3.8) is 0 Å². The van der Waals surface area contributed by atoms with Crippen LogP contribution in [-0.4, -0.2) is 31.1 Å². The van der Waals surface area contributed by atoms with Gasteiger partial charge in [-0.1, -0.05) is 12.8 Å². The molecule has 1 aliphatic heterocycles. The molecule has 3 rings (SSSR count). The lowest BCUT2D eigenvalue weighted by atomic mass is 9.88. The molecule has 0 radical (unpaired) electrons. The monoisotopic (exact) mass is 388 g/mol. The molecule has 1 saturated heterocycles. The van der Waals surface area contributed by atoms with E-state index in [2.05, 4.69) is 5.32 Å². The Morgan fingerprint density at radius 1 is 0.917 bits per heavy atom. The van der Waals surface area contributed by atoms with Crippen LogP contribution in [0.1, 0.15) is 37.3 Å². The number of piperazine rings is 1. The number of rotatable bonds is 3. The van der Waals surface area contributed by atoms with Crippen molar-refractivity contribution in [2.24, 2.45) is 5.92 Å². The summed E-state index contributed by atoms with van der Waals surface area (Å²) in [5, 5.41) is 3.19. The third-order valence-corrected chi connectivity index (χ3v) is 4.83. The first-order chi connectivity index (χ1) is 10.6. The number of hydrogen-bond donors (Lipinski definition) is 1. The zero-order valence-corrected chi connectivity index (χ0v) is 14.8. The van der Waals surface area contributed by atoms with Gasteiger partial charge in [0, 0.05) is 43.9 Å². The molecular weight excluding hydrogens is 367 g/mol. The Labute approximate surface area is 151 Å². The summed E-state index contributed by atoms with van der Waals surface area (Å²) < 4.78 is 55.8. The van der Waals surface area contributed by atoms with E-state index in [0.29, 0.717) is 26.2 Å². The summed E-state index contributed by atoms with van der Waals surface area (Å²) in [6.45, 7) is 2.67. The van der Waals surface area contributed by atoms with Crippen LogP contribution in [0, 0.1) is 29.2 Å². The van der Waals surface area contributed by atoms with Gasteiger partial charge in [-0.25, -0.2) is 17.6 Å². The van der Waals surface area contributed by atoms with Crippen molar-refractivity contribution < 1.29 is 17.6 Å². The maximum Gasteiger partial charge on any atom is 0.166 e. The van der Waals surface area contributed by atoms with Gasteiger partial charge in [0.05, 0.1) is 0 Å². The molecule has 0 amide bonds. The van der Waals surface area contributed by atoms with Crippen LogP contribution in [0.3, 0.4) is 0 Å². The molecule has 0 unspecified atom stereocenters. The zero-order chi connectivity index (χ0) is 15.7. The standard InChI is InChI=1S/C16H20F4N2.2ClH/c17-11-9-12(18)15(20)13(14(11)19)16(10-3-1-2-4-10)22-7-5-21-6-8-22;;/h9-10,16,21H,1-8H2;2*1H/t16-;;/m1../s1. The lowest BCUT2D eigenvalue weighted by Crippen LogP contribution is -2.47. The van der Waals surface area contributed by atoms with Crippen molar-refractivity contribution in [2.75, 3.05) is 26.2 Å². The SMILES string of the molecule is Cl.Cl.Fc1cc(F)c(F)c([C@@H](C2CCCC2)N2CCNCC2)c1F. The molecule has 24 heavy (non-hydrogen) atoms. The van der Waals surface area contributed by atoms with Gasteiger partial charge in [0.15, 0.2) is 23.3 Å². The molecule has 138 valence electrons. The van der Waals surface area contributed by atoms with Crippen molar-refractivity contribution in [3.05, 3.63) is 34.9 Å². The van der Waals surface area contributed by atoms with Gasteiger partial charge < -0.3 is 5.32 Å².